The lowest BCUT2D eigenvalue weighted by atomic mass is 10.2. The maximum atomic E-state index is 11.4. The second-order valence-electron chi connectivity index (χ2n) is 4.11. The Labute approximate surface area is 129 Å². The molecule has 1 aromatic carbocycles. The lowest BCUT2D eigenvalue weighted by Crippen LogP contribution is -2.01. The molecular formula is C13H8Cl2N4O2. The standard InChI is InChI=1S/C13H8Cl2N4O2/c1-21-12(20)7-2-4-8(5-3-7)19-6-16-9-10(14)17-13(15)18-11(9)19/h2-6H,1H3. The van der Waals surface area contributed by atoms with Crippen molar-refractivity contribution >= 4 is 40.3 Å². The minimum absolute atomic E-state index is 0.0421. The van der Waals surface area contributed by atoms with Crippen molar-refractivity contribution in [1.82, 2.24) is 19.5 Å². The van der Waals surface area contributed by atoms with Gasteiger partial charge in [0, 0.05) is 5.69 Å². The van der Waals surface area contributed by atoms with Gasteiger partial charge in [-0.05, 0) is 35.9 Å². The van der Waals surface area contributed by atoms with E-state index in [1.165, 1.54) is 7.11 Å². The van der Waals surface area contributed by atoms with Gasteiger partial charge < -0.3 is 4.74 Å². The van der Waals surface area contributed by atoms with E-state index in [1.807, 2.05) is 0 Å². The molecule has 0 aliphatic heterocycles. The van der Waals surface area contributed by atoms with Gasteiger partial charge in [0.05, 0.1) is 12.7 Å². The monoisotopic (exact) mass is 322 g/mol. The Bertz CT molecular complexity index is 830. The molecule has 3 aromatic rings. The fourth-order valence-corrected chi connectivity index (χ4v) is 2.33. The van der Waals surface area contributed by atoms with Gasteiger partial charge in [-0.3, -0.25) is 4.57 Å². The van der Waals surface area contributed by atoms with E-state index in [0.717, 1.165) is 5.69 Å². The van der Waals surface area contributed by atoms with Crippen molar-refractivity contribution < 1.29 is 9.53 Å². The molecule has 0 N–H and O–H groups in total. The maximum absolute atomic E-state index is 11.4. The van der Waals surface area contributed by atoms with E-state index in [0.29, 0.717) is 16.7 Å². The van der Waals surface area contributed by atoms with Gasteiger partial charge >= 0.3 is 5.97 Å². The normalized spacial score (nSPS) is 10.8. The minimum Gasteiger partial charge on any atom is -0.465 e. The smallest absolute Gasteiger partial charge is 0.337 e. The van der Waals surface area contributed by atoms with Gasteiger partial charge in [0.1, 0.15) is 11.8 Å². The number of ether oxygens (including phenoxy) is 1. The molecule has 2 heterocycles. The summed E-state index contributed by atoms with van der Waals surface area (Å²) in [4.78, 5) is 23.5. The zero-order valence-corrected chi connectivity index (χ0v) is 12.3. The molecule has 21 heavy (non-hydrogen) atoms. The van der Waals surface area contributed by atoms with Gasteiger partial charge in [-0.15, -0.1) is 0 Å². The molecular weight excluding hydrogens is 315 g/mol. The van der Waals surface area contributed by atoms with Crippen LogP contribution in [0, 0.1) is 0 Å². The first-order valence-electron chi connectivity index (χ1n) is 5.85. The first-order valence-corrected chi connectivity index (χ1v) is 6.60. The molecule has 3 rings (SSSR count). The molecule has 8 heteroatoms. The highest BCUT2D eigenvalue weighted by molar-refractivity contribution is 6.35. The van der Waals surface area contributed by atoms with Gasteiger partial charge in [0.25, 0.3) is 0 Å². The quantitative estimate of drug-likeness (QED) is 0.412. The van der Waals surface area contributed by atoms with Crippen molar-refractivity contribution in [1.29, 1.82) is 0 Å². The number of fused-ring (bicyclic) bond motifs is 1. The number of hydrogen-bond acceptors (Lipinski definition) is 5. The van der Waals surface area contributed by atoms with Gasteiger partial charge in [-0.2, -0.15) is 4.98 Å². The fraction of sp³-hybridized carbons (Fsp3) is 0.0769. The number of carbonyl (C=O) groups is 1. The molecule has 0 aliphatic rings. The number of esters is 1. The highest BCUT2D eigenvalue weighted by Crippen LogP contribution is 2.23. The van der Waals surface area contributed by atoms with Crippen LogP contribution in [0.25, 0.3) is 16.9 Å². The van der Waals surface area contributed by atoms with Crippen LogP contribution in [-0.2, 0) is 4.74 Å². The average Bonchev–Trinajstić information content (AvgIpc) is 2.90. The lowest BCUT2D eigenvalue weighted by molar-refractivity contribution is 0.0601. The van der Waals surface area contributed by atoms with E-state index in [4.69, 9.17) is 23.2 Å². The zero-order chi connectivity index (χ0) is 15.0. The third-order valence-electron chi connectivity index (χ3n) is 2.89. The van der Waals surface area contributed by atoms with Crippen molar-refractivity contribution in [2.45, 2.75) is 0 Å². The summed E-state index contributed by atoms with van der Waals surface area (Å²) < 4.78 is 6.36. The molecule has 0 atom stereocenters. The number of halogens is 2. The van der Waals surface area contributed by atoms with Crippen LogP contribution in [0.3, 0.4) is 0 Å². The van der Waals surface area contributed by atoms with E-state index in [-0.39, 0.29) is 10.4 Å². The fourth-order valence-electron chi connectivity index (χ4n) is 1.91. The highest BCUT2D eigenvalue weighted by Gasteiger charge is 2.12. The first-order chi connectivity index (χ1) is 10.1. The third-order valence-corrected chi connectivity index (χ3v) is 3.33. The SMILES string of the molecule is COC(=O)c1ccc(-n2cnc3c(Cl)nc(Cl)nc32)cc1. The topological polar surface area (TPSA) is 69.9 Å². The first kappa shape index (κ1) is 13.8. The van der Waals surface area contributed by atoms with Gasteiger partial charge in [-0.25, -0.2) is 14.8 Å². The predicted molar refractivity (Wildman–Crippen MR) is 78.0 cm³/mol. The summed E-state index contributed by atoms with van der Waals surface area (Å²) in [6.45, 7) is 0. The predicted octanol–water partition coefficient (Wildman–Crippen LogP) is 2.91. The van der Waals surface area contributed by atoms with E-state index in [9.17, 15) is 4.79 Å². The summed E-state index contributed by atoms with van der Waals surface area (Å²) in [5.41, 5.74) is 2.16. The van der Waals surface area contributed by atoms with Crippen LogP contribution in [-0.4, -0.2) is 32.6 Å². The Balaban J connectivity index is 2.10. The molecule has 0 unspecified atom stereocenters. The molecule has 0 saturated heterocycles. The summed E-state index contributed by atoms with van der Waals surface area (Å²) >= 11 is 11.8. The summed E-state index contributed by atoms with van der Waals surface area (Å²) in [5, 5.41) is 0.232. The van der Waals surface area contributed by atoms with Crippen LogP contribution in [0.4, 0.5) is 0 Å². The Hall–Kier alpha value is -2.18. The number of aromatic nitrogens is 4. The summed E-state index contributed by atoms with van der Waals surface area (Å²) in [6, 6.07) is 6.80. The molecule has 0 aliphatic carbocycles. The van der Waals surface area contributed by atoms with Crippen LogP contribution >= 0.6 is 23.2 Å². The van der Waals surface area contributed by atoms with Crippen LogP contribution in [0.15, 0.2) is 30.6 Å². The number of nitrogens with zero attached hydrogens (tertiary/aromatic N) is 4. The Kier molecular flexibility index (Phi) is 3.48. The largest absolute Gasteiger partial charge is 0.465 e. The van der Waals surface area contributed by atoms with Gasteiger partial charge in [0.2, 0.25) is 5.28 Å². The molecule has 0 bridgehead atoms. The summed E-state index contributed by atoms with van der Waals surface area (Å²) in [6.07, 6.45) is 1.56. The van der Waals surface area contributed by atoms with E-state index in [1.54, 1.807) is 35.2 Å². The Morgan fingerprint density at radius 1 is 1.19 bits per heavy atom. The molecule has 0 radical (unpaired) electrons. The number of imidazole rings is 1. The Morgan fingerprint density at radius 2 is 1.90 bits per heavy atom. The third kappa shape index (κ3) is 2.43. The zero-order valence-electron chi connectivity index (χ0n) is 10.7. The molecule has 0 spiro atoms. The van der Waals surface area contributed by atoms with Crippen molar-refractivity contribution in [3.05, 3.63) is 46.6 Å². The van der Waals surface area contributed by atoms with E-state index < -0.39 is 5.97 Å². The average molecular weight is 323 g/mol. The molecule has 106 valence electrons. The lowest BCUT2D eigenvalue weighted by Gasteiger charge is -2.05. The van der Waals surface area contributed by atoms with Crippen molar-refractivity contribution in [2.75, 3.05) is 7.11 Å². The molecule has 0 fully saturated rings. The number of benzene rings is 1. The minimum atomic E-state index is -0.398. The number of rotatable bonds is 2. The van der Waals surface area contributed by atoms with Crippen LogP contribution in [0.5, 0.6) is 0 Å². The summed E-state index contributed by atoms with van der Waals surface area (Å²) in [7, 11) is 1.33. The second-order valence-corrected chi connectivity index (χ2v) is 4.80. The van der Waals surface area contributed by atoms with Crippen LogP contribution < -0.4 is 0 Å². The molecule has 0 amide bonds. The van der Waals surface area contributed by atoms with E-state index in [2.05, 4.69) is 19.7 Å². The van der Waals surface area contributed by atoms with Gasteiger partial charge in [0.15, 0.2) is 10.8 Å². The van der Waals surface area contributed by atoms with Crippen molar-refractivity contribution in [3.63, 3.8) is 0 Å². The second kappa shape index (κ2) is 5.31. The summed E-state index contributed by atoms with van der Waals surface area (Å²) in [5.74, 6) is -0.398. The maximum Gasteiger partial charge on any atom is 0.337 e. The van der Waals surface area contributed by atoms with Crippen molar-refractivity contribution in [3.8, 4) is 5.69 Å². The number of hydrogen-bond donors (Lipinski definition) is 0. The molecule has 0 saturated carbocycles. The van der Waals surface area contributed by atoms with Crippen LogP contribution in [0.1, 0.15) is 10.4 Å². The Morgan fingerprint density at radius 3 is 2.57 bits per heavy atom. The number of carbonyl (C=O) groups excluding carboxylic acids is 1. The number of methoxy groups -OCH3 is 1. The van der Waals surface area contributed by atoms with Crippen molar-refractivity contribution in [2.24, 2.45) is 0 Å². The molecule has 6 nitrogen and oxygen atoms in total. The van der Waals surface area contributed by atoms with Crippen LogP contribution in [0.2, 0.25) is 10.4 Å². The van der Waals surface area contributed by atoms with Gasteiger partial charge in [-0.1, -0.05) is 11.6 Å². The highest BCUT2D eigenvalue weighted by atomic mass is 35.5. The van der Waals surface area contributed by atoms with E-state index >= 15 is 0 Å². The molecule has 2 aromatic heterocycles.